The number of nitrogens with zero attached hydrogens (tertiary/aromatic N) is 3. The van der Waals surface area contributed by atoms with Crippen LogP contribution in [0.4, 0.5) is 0 Å². The second-order valence-corrected chi connectivity index (χ2v) is 11.3. The quantitative estimate of drug-likeness (QED) is 0.199. The van der Waals surface area contributed by atoms with Crippen molar-refractivity contribution < 1.29 is 0 Å². The third kappa shape index (κ3) is 4.07. The van der Waals surface area contributed by atoms with Crippen molar-refractivity contribution in [3.63, 3.8) is 0 Å². The van der Waals surface area contributed by atoms with Crippen LogP contribution in [0.3, 0.4) is 0 Å². The Kier molecular flexibility index (Phi) is 6.02. The molecule has 0 bridgehead atoms. The van der Waals surface area contributed by atoms with E-state index in [1.807, 2.05) is 44.7 Å². The molecule has 0 aliphatic heterocycles. The van der Waals surface area contributed by atoms with Gasteiger partial charge in [0, 0.05) is 26.5 Å². The summed E-state index contributed by atoms with van der Waals surface area (Å²) in [7, 11) is 3.66. The zero-order valence-electron chi connectivity index (χ0n) is 24.5. The lowest BCUT2D eigenvalue weighted by molar-refractivity contribution is 0.795. The molecule has 0 amide bonds. The first-order chi connectivity index (χ1) is 21.6. The number of pyridine rings is 1. The number of aromatic nitrogens is 3. The fraction of sp³-hybridized carbons (Fsp3) is 0.0500. The number of fused-ring (bicyclic) bond motifs is 3. The summed E-state index contributed by atoms with van der Waals surface area (Å²) in [6.07, 6.45) is 3.66. The van der Waals surface area contributed by atoms with Crippen LogP contribution in [0.1, 0.15) is 0 Å². The molecule has 0 radical (unpaired) electrons. The highest BCUT2D eigenvalue weighted by atomic mass is 16.1. The first-order valence-corrected chi connectivity index (χ1v) is 14.8. The van der Waals surface area contributed by atoms with Gasteiger partial charge in [-0.05, 0) is 96.4 Å². The van der Waals surface area contributed by atoms with Gasteiger partial charge in [0.05, 0.1) is 11.0 Å². The van der Waals surface area contributed by atoms with Gasteiger partial charge in [0.15, 0.2) is 0 Å². The molecular weight excluding hydrogens is 538 g/mol. The summed E-state index contributed by atoms with van der Waals surface area (Å²) in [6, 6.07) is 45.4. The van der Waals surface area contributed by atoms with E-state index < -0.39 is 0 Å². The molecule has 0 saturated heterocycles. The van der Waals surface area contributed by atoms with Crippen molar-refractivity contribution in [3.05, 3.63) is 150 Å². The first-order valence-electron chi connectivity index (χ1n) is 14.8. The van der Waals surface area contributed by atoms with Gasteiger partial charge in [-0.15, -0.1) is 0 Å². The Morgan fingerprint density at radius 2 is 0.932 bits per heavy atom. The highest BCUT2D eigenvalue weighted by molar-refractivity contribution is 6.22. The van der Waals surface area contributed by atoms with Crippen LogP contribution in [-0.4, -0.2) is 14.1 Å². The number of hydrogen-bond acceptors (Lipinski definition) is 2. The molecule has 4 nitrogen and oxygen atoms in total. The molecule has 6 aromatic carbocycles. The second-order valence-electron chi connectivity index (χ2n) is 11.3. The number of aryl methyl sites for hydroxylation is 2. The molecule has 0 fully saturated rings. The molecule has 8 rings (SSSR count). The van der Waals surface area contributed by atoms with Crippen molar-refractivity contribution in [3.8, 4) is 44.5 Å². The molecule has 0 saturated carbocycles. The van der Waals surface area contributed by atoms with Gasteiger partial charge in [-0.1, -0.05) is 97.1 Å². The molecule has 44 heavy (non-hydrogen) atoms. The number of imidazole rings is 1. The average Bonchev–Trinajstić information content (AvgIpc) is 3.30. The van der Waals surface area contributed by atoms with Gasteiger partial charge < -0.3 is 0 Å². The summed E-state index contributed by atoms with van der Waals surface area (Å²) in [6.45, 7) is 0. The highest BCUT2D eigenvalue weighted by Crippen LogP contribution is 2.45. The van der Waals surface area contributed by atoms with E-state index in [2.05, 4.69) is 114 Å². The van der Waals surface area contributed by atoms with Crippen molar-refractivity contribution in [2.24, 2.45) is 14.1 Å². The van der Waals surface area contributed by atoms with Crippen LogP contribution in [0, 0.1) is 0 Å². The number of benzene rings is 6. The normalized spacial score (nSPS) is 11.5. The monoisotopic (exact) mass is 567 g/mol. The van der Waals surface area contributed by atoms with E-state index in [0.29, 0.717) is 0 Å². The smallest absolute Gasteiger partial charge is 0.295 e. The van der Waals surface area contributed by atoms with Gasteiger partial charge in [-0.3, -0.25) is 14.1 Å². The first kappa shape index (κ1) is 25.9. The van der Waals surface area contributed by atoms with Crippen LogP contribution in [0.5, 0.6) is 0 Å². The van der Waals surface area contributed by atoms with Crippen molar-refractivity contribution in [1.82, 2.24) is 14.1 Å². The topological polar surface area (TPSA) is 39.8 Å². The summed E-state index contributed by atoms with van der Waals surface area (Å²) < 4.78 is 3.42. The second kappa shape index (κ2) is 10.2. The van der Waals surface area contributed by atoms with Gasteiger partial charge in [0.25, 0.3) is 0 Å². The Morgan fingerprint density at radius 1 is 0.432 bits per heavy atom. The summed E-state index contributed by atoms with van der Waals surface area (Å²) in [4.78, 5) is 16.8. The SMILES string of the molecule is Cn1c(=O)n(C)c2cc(-c3ccc4c(-c5ccccc5)c5ccccc5c(-c5ccc(-c6ccncc6)cc5)c4c3)ccc21. The van der Waals surface area contributed by atoms with Crippen molar-refractivity contribution in [2.45, 2.75) is 0 Å². The lowest BCUT2D eigenvalue weighted by Gasteiger charge is -2.19. The molecule has 0 unspecified atom stereocenters. The molecule has 0 aliphatic carbocycles. The molecule has 0 N–H and O–H groups in total. The van der Waals surface area contributed by atoms with Gasteiger partial charge in [-0.25, -0.2) is 4.79 Å². The molecule has 2 aromatic heterocycles. The molecule has 0 aliphatic rings. The molecule has 0 spiro atoms. The maximum Gasteiger partial charge on any atom is 0.328 e. The molecular formula is C40H29N3O. The Morgan fingerprint density at radius 3 is 1.66 bits per heavy atom. The summed E-state index contributed by atoms with van der Waals surface area (Å²) >= 11 is 0. The minimum absolute atomic E-state index is 0.0212. The van der Waals surface area contributed by atoms with Crippen molar-refractivity contribution in [1.29, 1.82) is 0 Å². The molecule has 0 atom stereocenters. The largest absolute Gasteiger partial charge is 0.328 e. The summed E-state index contributed by atoms with van der Waals surface area (Å²) in [5, 5.41) is 4.85. The van der Waals surface area contributed by atoms with E-state index >= 15 is 0 Å². The van der Waals surface area contributed by atoms with E-state index in [4.69, 9.17) is 0 Å². The van der Waals surface area contributed by atoms with E-state index in [1.54, 1.807) is 9.13 Å². The van der Waals surface area contributed by atoms with E-state index in [9.17, 15) is 4.79 Å². The highest BCUT2D eigenvalue weighted by Gasteiger charge is 2.18. The van der Waals surface area contributed by atoms with Gasteiger partial charge in [-0.2, -0.15) is 0 Å². The van der Waals surface area contributed by atoms with Gasteiger partial charge in [0.2, 0.25) is 0 Å². The van der Waals surface area contributed by atoms with Crippen LogP contribution in [-0.2, 0) is 14.1 Å². The minimum Gasteiger partial charge on any atom is -0.295 e. The summed E-state index contributed by atoms with van der Waals surface area (Å²) in [5.41, 5.74) is 11.1. The lowest BCUT2D eigenvalue weighted by atomic mass is 9.84. The Hall–Kier alpha value is -5.74. The maximum absolute atomic E-state index is 12.6. The Labute approximate surface area is 255 Å². The van der Waals surface area contributed by atoms with Crippen LogP contribution >= 0.6 is 0 Å². The van der Waals surface area contributed by atoms with Crippen LogP contribution in [0.25, 0.3) is 77.1 Å². The van der Waals surface area contributed by atoms with Crippen molar-refractivity contribution in [2.75, 3.05) is 0 Å². The van der Waals surface area contributed by atoms with Crippen molar-refractivity contribution >= 4 is 32.6 Å². The molecule has 2 heterocycles. The van der Waals surface area contributed by atoms with E-state index in [-0.39, 0.29) is 5.69 Å². The minimum atomic E-state index is -0.0212. The van der Waals surface area contributed by atoms with Gasteiger partial charge >= 0.3 is 5.69 Å². The predicted octanol–water partition coefficient (Wildman–Crippen LogP) is 9.25. The number of rotatable bonds is 4. The zero-order valence-corrected chi connectivity index (χ0v) is 24.5. The predicted molar refractivity (Wildman–Crippen MR) is 183 cm³/mol. The maximum atomic E-state index is 12.6. The molecule has 8 aromatic rings. The standard InChI is InChI=1S/C40H29N3O/c1-42-36-19-17-31(25-37(36)43(2)40(42)44)30-16-18-34-35(24-30)39(29-14-12-26(13-15-29)27-20-22-41-23-21-27)33-11-7-6-10-32(33)38(34)28-8-4-3-5-9-28/h3-25H,1-2H3. The Bertz CT molecular complexity index is 2400. The van der Waals surface area contributed by atoms with Crippen LogP contribution in [0.2, 0.25) is 0 Å². The van der Waals surface area contributed by atoms with Crippen LogP contribution < -0.4 is 5.69 Å². The zero-order chi connectivity index (χ0) is 29.8. The number of hydrogen-bond donors (Lipinski definition) is 0. The third-order valence-electron chi connectivity index (χ3n) is 8.88. The molecule has 210 valence electrons. The Balaban J connectivity index is 1.42. The molecule has 4 heteroatoms. The van der Waals surface area contributed by atoms with Gasteiger partial charge in [0.1, 0.15) is 0 Å². The summed E-state index contributed by atoms with van der Waals surface area (Å²) in [5.74, 6) is 0. The fourth-order valence-electron chi connectivity index (χ4n) is 6.64. The van der Waals surface area contributed by atoms with E-state index in [0.717, 1.165) is 33.3 Å². The average molecular weight is 568 g/mol. The van der Waals surface area contributed by atoms with E-state index in [1.165, 1.54) is 43.8 Å². The third-order valence-corrected chi connectivity index (χ3v) is 8.88. The lowest BCUT2D eigenvalue weighted by Crippen LogP contribution is -2.19. The fourth-order valence-corrected chi connectivity index (χ4v) is 6.64. The van der Waals surface area contributed by atoms with Crippen LogP contribution in [0.15, 0.2) is 145 Å².